The fourth-order valence-corrected chi connectivity index (χ4v) is 6.06. The Balaban J connectivity index is 1.38. The lowest BCUT2D eigenvalue weighted by Crippen LogP contribution is -2.45. The van der Waals surface area contributed by atoms with Crippen LogP contribution in [-0.4, -0.2) is 65.8 Å². The van der Waals surface area contributed by atoms with E-state index in [2.05, 4.69) is 23.3 Å². The van der Waals surface area contributed by atoms with Gasteiger partial charge in [0.25, 0.3) is 0 Å². The number of carbonyl (C=O) groups is 2. The van der Waals surface area contributed by atoms with Gasteiger partial charge in [-0.1, -0.05) is 38.3 Å². The molecule has 2 aliphatic heterocycles. The molecule has 4 rings (SSSR count). The van der Waals surface area contributed by atoms with Crippen LogP contribution in [0.15, 0.2) is 35.7 Å². The van der Waals surface area contributed by atoms with Crippen molar-refractivity contribution in [3.05, 3.63) is 57.5 Å². The largest absolute Gasteiger partial charge is 0.341 e. The van der Waals surface area contributed by atoms with E-state index in [0.29, 0.717) is 32.6 Å². The summed E-state index contributed by atoms with van der Waals surface area (Å²) in [5, 5.41) is 2.09. The Hall–Kier alpha value is -2.25. The molecule has 1 aromatic carbocycles. The van der Waals surface area contributed by atoms with E-state index in [1.165, 1.54) is 29.3 Å². The Morgan fingerprint density at radius 2 is 1.79 bits per heavy atom. The highest BCUT2D eigenvalue weighted by Crippen LogP contribution is 2.37. The van der Waals surface area contributed by atoms with E-state index in [4.69, 9.17) is 0 Å². The van der Waals surface area contributed by atoms with Crippen LogP contribution in [0.3, 0.4) is 0 Å². The van der Waals surface area contributed by atoms with Crippen molar-refractivity contribution >= 4 is 23.2 Å². The van der Waals surface area contributed by atoms with E-state index in [-0.39, 0.29) is 23.7 Å². The summed E-state index contributed by atoms with van der Waals surface area (Å²) in [5.74, 6) is 0.0630. The van der Waals surface area contributed by atoms with Gasteiger partial charge in [0.05, 0.1) is 12.6 Å². The van der Waals surface area contributed by atoms with E-state index in [1.54, 1.807) is 23.5 Å². The lowest BCUT2D eigenvalue weighted by atomic mass is 9.93. The minimum absolute atomic E-state index is 0.0947. The van der Waals surface area contributed by atoms with Gasteiger partial charge < -0.3 is 9.80 Å². The average molecular weight is 486 g/mol. The Bertz CT molecular complexity index is 978. The van der Waals surface area contributed by atoms with Gasteiger partial charge in [-0.25, -0.2) is 4.39 Å². The van der Waals surface area contributed by atoms with Crippen molar-refractivity contribution in [2.24, 2.45) is 0 Å². The van der Waals surface area contributed by atoms with Gasteiger partial charge in [-0.2, -0.15) is 0 Å². The van der Waals surface area contributed by atoms with Crippen LogP contribution in [0.25, 0.3) is 0 Å². The van der Waals surface area contributed by atoms with Crippen LogP contribution in [0.4, 0.5) is 4.39 Å². The first-order valence-corrected chi connectivity index (χ1v) is 13.6. The third-order valence-electron chi connectivity index (χ3n) is 7.01. The number of fused-ring (bicyclic) bond motifs is 1. The van der Waals surface area contributed by atoms with Crippen LogP contribution in [0, 0.1) is 5.82 Å². The number of thiophene rings is 1. The number of hydrogen-bond donors (Lipinski definition) is 0. The highest BCUT2D eigenvalue weighted by Gasteiger charge is 2.32. The maximum Gasteiger partial charge on any atom is 0.236 e. The molecule has 34 heavy (non-hydrogen) atoms. The van der Waals surface area contributed by atoms with Crippen molar-refractivity contribution in [1.29, 1.82) is 0 Å². The fourth-order valence-electron chi connectivity index (χ4n) is 5.16. The van der Waals surface area contributed by atoms with Gasteiger partial charge in [0.15, 0.2) is 0 Å². The first kappa shape index (κ1) is 24.9. The summed E-state index contributed by atoms with van der Waals surface area (Å²) < 4.78 is 14.0. The minimum atomic E-state index is -0.252. The zero-order chi connectivity index (χ0) is 23.9. The Kier molecular flexibility index (Phi) is 8.73. The number of amides is 2. The molecule has 2 aliphatic rings. The highest BCUT2D eigenvalue weighted by molar-refractivity contribution is 7.10. The molecule has 7 heteroatoms. The molecule has 5 nitrogen and oxygen atoms in total. The summed E-state index contributed by atoms with van der Waals surface area (Å²) in [5.41, 5.74) is 2.08. The third-order valence-corrected chi connectivity index (χ3v) is 8.01. The standard InChI is InChI=1S/C27H36FN3O2S/c1-2-3-4-5-10-25(32)29-13-7-14-30(17-16-29)26(33)20-31-15-11-24-23(12-18-34-24)27(31)21-8-6-9-22(28)19-21/h6,8-9,12,18-19,27H,2-5,7,10-11,13-17,20H2,1H3/t27-/m0/s1. The summed E-state index contributed by atoms with van der Waals surface area (Å²) in [6.07, 6.45) is 6.73. The third kappa shape index (κ3) is 6.05. The van der Waals surface area contributed by atoms with Gasteiger partial charge in [0, 0.05) is 44.0 Å². The summed E-state index contributed by atoms with van der Waals surface area (Å²) in [7, 11) is 0. The first-order chi connectivity index (χ1) is 16.6. The first-order valence-electron chi connectivity index (χ1n) is 12.7. The zero-order valence-corrected chi connectivity index (χ0v) is 21.0. The van der Waals surface area contributed by atoms with Crippen molar-refractivity contribution in [2.75, 3.05) is 39.3 Å². The second-order valence-electron chi connectivity index (χ2n) is 9.40. The van der Waals surface area contributed by atoms with Gasteiger partial charge in [-0.05, 0) is 54.0 Å². The Labute approximate surface area is 206 Å². The monoisotopic (exact) mass is 485 g/mol. The molecule has 1 atom stereocenters. The number of rotatable bonds is 8. The number of hydrogen-bond acceptors (Lipinski definition) is 4. The molecule has 0 radical (unpaired) electrons. The van der Waals surface area contributed by atoms with E-state index in [0.717, 1.165) is 44.3 Å². The lowest BCUT2D eigenvalue weighted by molar-refractivity contribution is -0.134. The molecular formula is C27H36FN3O2S. The Morgan fingerprint density at radius 3 is 2.56 bits per heavy atom. The number of halogens is 1. The van der Waals surface area contributed by atoms with E-state index in [1.807, 2.05) is 15.9 Å². The molecule has 0 bridgehead atoms. The zero-order valence-electron chi connectivity index (χ0n) is 20.2. The molecule has 1 fully saturated rings. The Morgan fingerprint density at radius 1 is 1.00 bits per heavy atom. The molecule has 2 amide bonds. The van der Waals surface area contributed by atoms with Crippen LogP contribution in [0.1, 0.15) is 67.5 Å². The molecule has 0 spiro atoms. The topological polar surface area (TPSA) is 43.9 Å². The van der Waals surface area contributed by atoms with E-state index in [9.17, 15) is 14.0 Å². The lowest BCUT2D eigenvalue weighted by Gasteiger charge is -2.37. The molecule has 0 unspecified atom stereocenters. The van der Waals surface area contributed by atoms with E-state index >= 15 is 0 Å². The number of benzene rings is 1. The normalized spacial score (nSPS) is 19.1. The maximum atomic E-state index is 14.0. The summed E-state index contributed by atoms with van der Waals surface area (Å²) in [4.78, 5) is 33.3. The van der Waals surface area contributed by atoms with Gasteiger partial charge in [0.1, 0.15) is 5.82 Å². The molecular weight excluding hydrogens is 449 g/mol. The van der Waals surface area contributed by atoms with Crippen LogP contribution in [0.2, 0.25) is 0 Å². The molecule has 1 saturated heterocycles. The van der Waals surface area contributed by atoms with Crippen LogP contribution < -0.4 is 0 Å². The predicted molar refractivity (Wildman–Crippen MR) is 134 cm³/mol. The number of carbonyl (C=O) groups excluding carboxylic acids is 2. The second-order valence-corrected chi connectivity index (χ2v) is 10.4. The van der Waals surface area contributed by atoms with Crippen molar-refractivity contribution in [3.8, 4) is 0 Å². The molecule has 0 N–H and O–H groups in total. The van der Waals surface area contributed by atoms with E-state index < -0.39 is 0 Å². The van der Waals surface area contributed by atoms with Crippen molar-refractivity contribution in [1.82, 2.24) is 14.7 Å². The summed E-state index contributed by atoms with van der Waals surface area (Å²) >= 11 is 1.74. The molecule has 0 saturated carbocycles. The summed E-state index contributed by atoms with van der Waals surface area (Å²) in [6, 6.07) is 8.75. The van der Waals surface area contributed by atoms with Gasteiger partial charge in [0.2, 0.25) is 11.8 Å². The summed E-state index contributed by atoms with van der Waals surface area (Å²) in [6.45, 7) is 5.86. The quantitative estimate of drug-likeness (QED) is 0.501. The van der Waals surface area contributed by atoms with Crippen molar-refractivity contribution < 1.29 is 14.0 Å². The predicted octanol–water partition coefficient (Wildman–Crippen LogP) is 4.87. The number of nitrogens with zero attached hydrogens (tertiary/aromatic N) is 3. The van der Waals surface area contributed by atoms with Gasteiger partial charge in [-0.3, -0.25) is 14.5 Å². The number of unbranched alkanes of at least 4 members (excludes halogenated alkanes) is 3. The molecule has 3 heterocycles. The van der Waals surface area contributed by atoms with Gasteiger partial charge in [-0.15, -0.1) is 11.3 Å². The molecule has 184 valence electrons. The maximum absolute atomic E-state index is 14.0. The van der Waals surface area contributed by atoms with Crippen LogP contribution in [0.5, 0.6) is 0 Å². The van der Waals surface area contributed by atoms with Crippen LogP contribution in [-0.2, 0) is 16.0 Å². The van der Waals surface area contributed by atoms with Crippen LogP contribution >= 0.6 is 11.3 Å². The average Bonchev–Trinajstić information content (AvgIpc) is 3.16. The second kappa shape index (κ2) is 11.9. The molecule has 1 aromatic heterocycles. The minimum Gasteiger partial charge on any atom is -0.341 e. The highest BCUT2D eigenvalue weighted by atomic mass is 32.1. The molecule has 2 aromatic rings. The van der Waals surface area contributed by atoms with Gasteiger partial charge >= 0.3 is 0 Å². The fraction of sp³-hybridized carbons (Fsp3) is 0.556. The SMILES string of the molecule is CCCCCCC(=O)N1CCCN(C(=O)CN2CCc3sccc3[C@@H]2c2cccc(F)c2)CC1. The van der Waals surface area contributed by atoms with Crippen molar-refractivity contribution in [2.45, 2.75) is 57.9 Å². The van der Waals surface area contributed by atoms with Crippen molar-refractivity contribution in [3.63, 3.8) is 0 Å². The molecule has 0 aliphatic carbocycles. The smallest absolute Gasteiger partial charge is 0.236 e.